The summed E-state index contributed by atoms with van der Waals surface area (Å²) in [5.74, 6) is 0.790. The van der Waals surface area contributed by atoms with Crippen LogP contribution < -0.4 is 4.90 Å². The monoisotopic (exact) mass is 489 g/mol. The van der Waals surface area contributed by atoms with Crippen molar-refractivity contribution >= 4 is 17.5 Å². The summed E-state index contributed by atoms with van der Waals surface area (Å²) in [6, 6.07) is 6.99. The number of rotatable bonds is 6. The van der Waals surface area contributed by atoms with Crippen LogP contribution in [0.15, 0.2) is 43.0 Å². The van der Waals surface area contributed by atoms with Gasteiger partial charge in [0.25, 0.3) is 0 Å². The second kappa shape index (κ2) is 8.66. The molecule has 6 rings (SSSR count). The van der Waals surface area contributed by atoms with E-state index in [9.17, 15) is 9.18 Å². The van der Waals surface area contributed by atoms with Gasteiger partial charge in [0, 0.05) is 31.4 Å². The number of carbonyl (C=O) groups is 1. The molecule has 2 amide bonds. The van der Waals surface area contributed by atoms with Gasteiger partial charge in [-0.05, 0) is 36.2 Å². The van der Waals surface area contributed by atoms with Crippen LogP contribution in [0, 0.1) is 11.7 Å². The first kappa shape index (κ1) is 22.6. The molecule has 10 nitrogen and oxygen atoms in total. The molecule has 2 saturated heterocycles. The van der Waals surface area contributed by atoms with E-state index < -0.39 is 5.82 Å². The average molecular weight is 490 g/mol. The van der Waals surface area contributed by atoms with Crippen LogP contribution in [0.5, 0.6) is 0 Å². The van der Waals surface area contributed by atoms with Gasteiger partial charge in [0.1, 0.15) is 18.0 Å². The third kappa shape index (κ3) is 3.62. The molecule has 0 aliphatic carbocycles. The predicted octanol–water partition coefficient (Wildman–Crippen LogP) is 3.29. The SMILES string of the molecule is CCN1CC(N2C[C@H](C(C)C)N(c3ccn4ncc(-c5ccc(-c6ncn[nH]6)c(F)c5)c4n3)C2=O)C1. The Labute approximate surface area is 207 Å². The number of urea groups is 1. The third-order valence-corrected chi connectivity index (χ3v) is 7.31. The van der Waals surface area contributed by atoms with Crippen LogP contribution in [0.3, 0.4) is 0 Å². The molecule has 2 aliphatic heterocycles. The number of hydrogen-bond acceptors (Lipinski definition) is 6. The van der Waals surface area contributed by atoms with Gasteiger partial charge in [-0.25, -0.2) is 23.7 Å². The molecule has 36 heavy (non-hydrogen) atoms. The van der Waals surface area contributed by atoms with Gasteiger partial charge in [-0.2, -0.15) is 10.2 Å². The average Bonchev–Trinajstić information content (AvgIpc) is 3.57. The molecule has 2 fully saturated rings. The molecule has 2 aliphatic rings. The lowest BCUT2D eigenvalue weighted by molar-refractivity contribution is 0.0672. The summed E-state index contributed by atoms with van der Waals surface area (Å²) >= 11 is 0. The van der Waals surface area contributed by atoms with Crippen LogP contribution in [-0.2, 0) is 0 Å². The van der Waals surface area contributed by atoms with Gasteiger partial charge < -0.3 is 4.90 Å². The molecule has 0 unspecified atom stereocenters. The highest BCUT2D eigenvalue weighted by Gasteiger charge is 2.46. The first-order chi connectivity index (χ1) is 17.4. The fourth-order valence-corrected chi connectivity index (χ4v) is 5.13. The van der Waals surface area contributed by atoms with E-state index in [0.717, 1.165) is 19.6 Å². The van der Waals surface area contributed by atoms with Gasteiger partial charge in [-0.3, -0.25) is 14.9 Å². The number of benzene rings is 1. The number of fused-ring (bicyclic) bond motifs is 1. The van der Waals surface area contributed by atoms with Crippen molar-refractivity contribution in [2.24, 2.45) is 5.92 Å². The zero-order chi connectivity index (χ0) is 25.0. The molecule has 5 heterocycles. The van der Waals surface area contributed by atoms with Crippen LogP contribution in [-0.4, -0.2) is 83.9 Å². The van der Waals surface area contributed by atoms with E-state index in [0.29, 0.717) is 40.5 Å². The summed E-state index contributed by atoms with van der Waals surface area (Å²) < 4.78 is 16.6. The number of likely N-dealkylation sites (tertiary alicyclic amines) is 1. The largest absolute Gasteiger partial charge is 0.326 e. The van der Waals surface area contributed by atoms with Crippen molar-refractivity contribution in [1.82, 2.24) is 39.6 Å². The number of halogens is 1. The van der Waals surface area contributed by atoms with E-state index >= 15 is 0 Å². The van der Waals surface area contributed by atoms with Crippen molar-refractivity contribution in [2.45, 2.75) is 32.9 Å². The highest BCUT2D eigenvalue weighted by atomic mass is 19.1. The molecule has 186 valence electrons. The Morgan fingerprint density at radius 3 is 2.69 bits per heavy atom. The zero-order valence-electron chi connectivity index (χ0n) is 20.5. The van der Waals surface area contributed by atoms with Crippen LogP contribution in [0.1, 0.15) is 20.8 Å². The summed E-state index contributed by atoms with van der Waals surface area (Å²) in [5.41, 5.74) is 2.22. The highest BCUT2D eigenvalue weighted by molar-refractivity contribution is 5.95. The van der Waals surface area contributed by atoms with Crippen molar-refractivity contribution in [1.29, 1.82) is 0 Å². The van der Waals surface area contributed by atoms with Crippen LogP contribution in [0.2, 0.25) is 0 Å². The van der Waals surface area contributed by atoms with Crippen molar-refractivity contribution < 1.29 is 9.18 Å². The molecule has 0 spiro atoms. The summed E-state index contributed by atoms with van der Waals surface area (Å²) in [6.07, 6.45) is 4.81. The van der Waals surface area contributed by atoms with Gasteiger partial charge in [0.15, 0.2) is 11.5 Å². The lowest BCUT2D eigenvalue weighted by atomic mass is 10.0. The molecule has 1 N–H and O–H groups in total. The Morgan fingerprint density at radius 2 is 2.00 bits per heavy atom. The first-order valence-corrected chi connectivity index (χ1v) is 12.3. The van der Waals surface area contributed by atoms with Gasteiger partial charge in [-0.1, -0.05) is 26.8 Å². The van der Waals surface area contributed by atoms with Gasteiger partial charge >= 0.3 is 6.03 Å². The quantitative estimate of drug-likeness (QED) is 0.446. The highest BCUT2D eigenvalue weighted by Crippen LogP contribution is 2.33. The van der Waals surface area contributed by atoms with Gasteiger partial charge in [0.2, 0.25) is 0 Å². The van der Waals surface area contributed by atoms with Gasteiger partial charge in [0.05, 0.1) is 23.8 Å². The summed E-state index contributed by atoms with van der Waals surface area (Å²) in [6.45, 7) is 9.92. The van der Waals surface area contributed by atoms with Gasteiger partial charge in [-0.15, -0.1) is 0 Å². The minimum absolute atomic E-state index is 0.00479. The number of nitrogens with one attached hydrogen (secondary N) is 1. The van der Waals surface area contributed by atoms with Crippen LogP contribution in [0.25, 0.3) is 28.2 Å². The van der Waals surface area contributed by atoms with Crippen molar-refractivity contribution in [3.63, 3.8) is 0 Å². The molecule has 4 aromatic rings. The number of likely N-dealkylation sites (N-methyl/N-ethyl adjacent to an activating group) is 1. The maximum atomic E-state index is 14.9. The lowest BCUT2D eigenvalue weighted by Gasteiger charge is -2.43. The van der Waals surface area contributed by atoms with E-state index in [2.05, 4.69) is 46.0 Å². The second-order valence-corrected chi connectivity index (χ2v) is 9.76. The van der Waals surface area contributed by atoms with E-state index in [1.807, 2.05) is 21.9 Å². The van der Waals surface area contributed by atoms with Crippen LogP contribution >= 0.6 is 0 Å². The minimum Gasteiger partial charge on any atom is -0.317 e. The lowest BCUT2D eigenvalue weighted by Crippen LogP contribution is -2.59. The maximum absolute atomic E-state index is 14.9. The number of aromatic amines is 1. The number of amides is 2. The molecule has 0 bridgehead atoms. The van der Waals surface area contributed by atoms with E-state index in [1.165, 1.54) is 12.4 Å². The molecular weight excluding hydrogens is 461 g/mol. The first-order valence-electron chi connectivity index (χ1n) is 12.3. The normalized spacial score (nSPS) is 19.1. The number of hydrogen-bond donors (Lipinski definition) is 1. The van der Waals surface area contributed by atoms with Crippen molar-refractivity contribution in [3.05, 3.63) is 48.8 Å². The Balaban J connectivity index is 1.35. The third-order valence-electron chi connectivity index (χ3n) is 7.31. The number of H-pyrrole nitrogens is 1. The topological polar surface area (TPSA) is 98.6 Å². The summed E-state index contributed by atoms with van der Waals surface area (Å²) in [4.78, 5) is 28.6. The molecule has 3 aromatic heterocycles. The number of aromatic nitrogens is 6. The standard InChI is InChI=1S/C25H28FN9O/c1-4-32-11-17(12-32)33-13-21(15(2)3)35(25(33)36)22-7-8-34-24(30-22)19(10-29-34)16-5-6-18(20(26)9-16)23-27-14-28-31-23/h5-10,14-15,17,21H,4,11-13H2,1-3H3,(H,27,28,31)/t21-/m1/s1. The number of nitrogens with zero attached hydrogens (tertiary/aromatic N) is 8. The Bertz CT molecular complexity index is 1410. The summed E-state index contributed by atoms with van der Waals surface area (Å²) in [5, 5.41) is 10.9. The van der Waals surface area contributed by atoms with E-state index in [4.69, 9.17) is 4.98 Å². The van der Waals surface area contributed by atoms with Crippen molar-refractivity contribution in [2.75, 3.05) is 31.1 Å². The minimum atomic E-state index is -0.424. The smallest absolute Gasteiger partial charge is 0.317 e. The van der Waals surface area contributed by atoms with Crippen molar-refractivity contribution in [3.8, 4) is 22.5 Å². The molecule has 1 atom stereocenters. The second-order valence-electron chi connectivity index (χ2n) is 9.76. The number of carbonyl (C=O) groups excluding carboxylic acids is 1. The fraction of sp³-hybridized carbons (Fsp3) is 0.400. The van der Waals surface area contributed by atoms with E-state index in [1.54, 1.807) is 23.0 Å². The molecule has 11 heteroatoms. The molecule has 1 aromatic carbocycles. The molecular formula is C25H28FN9O. The fourth-order valence-electron chi connectivity index (χ4n) is 5.13. The Morgan fingerprint density at radius 1 is 1.17 bits per heavy atom. The summed E-state index contributed by atoms with van der Waals surface area (Å²) in [7, 11) is 0. The zero-order valence-corrected chi connectivity index (χ0v) is 20.5. The Kier molecular flexibility index (Phi) is 5.44. The number of anilines is 1. The Hall–Kier alpha value is -3.86. The molecule has 0 radical (unpaired) electrons. The van der Waals surface area contributed by atoms with E-state index in [-0.39, 0.29) is 24.0 Å². The predicted molar refractivity (Wildman–Crippen MR) is 133 cm³/mol. The molecule has 0 saturated carbocycles. The maximum Gasteiger partial charge on any atom is 0.326 e. The van der Waals surface area contributed by atoms with Crippen LogP contribution in [0.4, 0.5) is 15.0 Å².